The largest absolute Gasteiger partial charge is 0.497 e. The quantitative estimate of drug-likeness (QED) is 0.720. The third-order valence-corrected chi connectivity index (χ3v) is 6.71. The molecule has 1 atom stereocenters. The van der Waals surface area contributed by atoms with Crippen LogP contribution < -0.4 is 10.1 Å². The Kier molecular flexibility index (Phi) is 8.76. The SMILES string of the molecule is COc1ccc(C(=O)NC(C(=O)N2CCCN(CC3CCCCC3)CC2)C(C)C)cc1. The molecule has 172 valence electrons. The zero-order chi connectivity index (χ0) is 22.2. The van der Waals surface area contributed by atoms with Crippen LogP contribution in [-0.2, 0) is 4.79 Å². The van der Waals surface area contributed by atoms with Gasteiger partial charge >= 0.3 is 0 Å². The predicted molar refractivity (Wildman–Crippen MR) is 123 cm³/mol. The fourth-order valence-corrected chi connectivity index (χ4v) is 4.79. The lowest BCUT2D eigenvalue weighted by molar-refractivity contribution is -0.134. The van der Waals surface area contributed by atoms with E-state index in [0.717, 1.165) is 38.5 Å². The summed E-state index contributed by atoms with van der Waals surface area (Å²) in [7, 11) is 1.60. The molecule has 0 bridgehead atoms. The van der Waals surface area contributed by atoms with Crippen LogP contribution in [0.5, 0.6) is 5.75 Å². The molecule has 6 heteroatoms. The normalized spacial score (nSPS) is 19.7. The van der Waals surface area contributed by atoms with Crippen molar-refractivity contribution in [3.8, 4) is 5.75 Å². The Balaban J connectivity index is 1.56. The van der Waals surface area contributed by atoms with Gasteiger partial charge in [0.1, 0.15) is 11.8 Å². The minimum atomic E-state index is -0.514. The van der Waals surface area contributed by atoms with Crippen LogP contribution in [0.15, 0.2) is 24.3 Å². The number of carbonyl (C=O) groups is 2. The number of carbonyl (C=O) groups excluding carboxylic acids is 2. The summed E-state index contributed by atoms with van der Waals surface area (Å²) in [6.45, 7) is 8.65. The maximum atomic E-state index is 13.3. The number of nitrogens with zero attached hydrogens (tertiary/aromatic N) is 2. The Morgan fingerprint density at radius 3 is 2.35 bits per heavy atom. The summed E-state index contributed by atoms with van der Waals surface area (Å²) in [5.74, 6) is 1.37. The van der Waals surface area contributed by atoms with Crippen molar-refractivity contribution >= 4 is 11.8 Å². The smallest absolute Gasteiger partial charge is 0.251 e. The number of ether oxygens (including phenoxy) is 1. The molecule has 1 saturated heterocycles. The number of nitrogens with one attached hydrogen (secondary N) is 1. The second kappa shape index (κ2) is 11.5. The third-order valence-electron chi connectivity index (χ3n) is 6.71. The van der Waals surface area contributed by atoms with Crippen LogP contribution in [0.2, 0.25) is 0 Å². The van der Waals surface area contributed by atoms with Crippen LogP contribution in [-0.4, -0.2) is 67.5 Å². The highest BCUT2D eigenvalue weighted by Gasteiger charge is 2.30. The Labute approximate surface area is 187 Å². The van der Waals surface area contributed by atoms with Gasteiger partial charge < -0.3 is 19.9 Å². The van der Waals surface area contributed by atoms with Crippen LogP contribution in [0.1, 0.15) is 62.7 Å². The molecule has 1 N–H and O–H groups in total. The van der Waals surface area contributed by atoms with Gasteiger partial charge in [-0.15, -0.1) is 0 Å². The van der Waals surface area contributed by atoms with Gasteiger partial charge in [-0.2, -0.15) is 0 Å². The Hall–Kier alpha value is -2.08. The summed E-state index contributed by atoms with van der Waals surface area (Å²) in [6, 6.07) is 6.46. The van der Waals surface area contributed by atoms with Crippen LogP contribution in [0.4, 0.5) is 0 Å². The van der Waals surface area contributed by atoms with E-state index < -0.39 is 6.04 Å². The average molecular weight is 430 g/mol. The lowest BCUT2D eigenvalue weighted by Crippen LogP contribution is -2.52. The standard InChI is InChI=1S/C25H39N3O3/c1-19(2)23(26-24(29)21-10-12-22(31-3)13-11-21)25(30)28-15-7-14-27(16-17-28)18-20-8-5-4-6-9-20/h10-13,19-20,23H,4-9,14-18H2,1-3H3,(H,26,29). The summed E-state index contributed by atoms with van der Waals surface area (Å²) in [5, 5.41) is 2.98. The lowest BCUT2D eigenvalue weighted by atomic mass is 9.89. The molecule has 2 fully saturated rings. The maximum Gasteiger partial charge on any atom is 0.251 e. The molecule has 0 radical (unpaired) electrons. The average Bonchev–Trinajstić information content (AvgIpc) is 3.03. The molecule has 1 aromatic rings. The number of benzene rings is 1. The highest BCUT2D eigenvalue weighted by atomic mass is 16.5. The first-order chi connectivity index (χ1) is 15.0. The molecule has 2 aliphatic rings. The summed E-state index contributed by atoms with van der Waals surface area (Å²) < 4.78 is 5.16. The monoisotopic (exact) mass is 429 g/mol. The zero-order valence-electron chi connectivity index (χ0n) is 19.4. The summed E-state index contributed by atoms with van der Waals surface area (Å²) in [5.41, 5.74) is 0.536. The lowest BCUT2D eigenvalue weighted by Gasteiger charge is -2.30. The van der Waals surface area contributed by atoms with E-state index in [0.29, 0.717) is 11.3 Å². The highest BCUT2D eigenvalue weighted by Crippen LogP contribution is 2.25. The summed E-state index contributed by atoms with van der Waals surface area (Å²) in [6.07, 6.45) is 7.82. The van der Waals surface area contributed by atoms with Crippen LogP contribution >= 0.6 is 0 Å². The molecular formula is C25H39N3O3. The first kappa shape index (κ1) is 23.6. The Morgan fingerprint density at radius 2 is 1.71 bits per heavy atom. The summed E-state index contributed by atoms with van der Waals surface area (Å²) >= 11 is 0. The van der Waals surface area contributed by atoms with Crippen LogP contribution in [0, 0.1) is 11.8 Å². The summed E-state index contributed by atoms with van der Waals surface area (Å²) in [4.78, 5) is 30.6. The first-order valence-corrected chi connectivity index (χ1v) is 11.9. The molecule has 1 saturated carbocycles. The number of amides is 2. The van der Waals surface area contributed by atoms with Gasteiger partial charge in [0, 0.05) is 31.7 Å². The fraction of sp³-hybridized carbons (Fsp3) is 0.680. The Morgan fingerprint density at radius 1 is 1.00 bits per heavy atom. The van der Waals surface area contributed by atoms with Gasteiger partial charge in [0.25, 0.3) is 5.91 Å². The van der Waals surface area contributed by atoms with Gasteiger partial charge in [-0.3, -0.25) is 9.59 Å². The van der Waals surface area contributed by atoms with Crippen LogP contribution in [0.3, 0.4) is 0 Å². The molecular weight excluding hydrogens is 390 g/mol. The van der Waals surface area contributed by atoms with Crippen molar-refractivity contribution in [2.24, 2.45) is 11.8 Å². The topological polar surface area (TPSA) is 61.9 Å². The second-order valence-electron chi connectivity index (χ2n) is 9.41. The highest BCUT2D eigenvalue weighted by molar-refractivity contribution is 5.97. The van der Waals surface area contributed by atoms with E-state index in [-0.39, 0.29) is 17.7 Å². The molecule has 1 unspecified atom stereocenters. The number of rotatable bonds is 7. The molecule has 1 aliphatic heterocycles. The van der Waals surface area contributed by atoms with Gasteiger partial charge in [-0.25, -0.2) is 0 Å². The number of methoxy groups -OCH3 is 1. The van der Waals surface area contributed by atoms with Crippen molar-refractivity contribution < 1.29 is 14.3 Å². The second-order valence-corrected chi connectivity index (χ2v) is 9.41. The Bertz CT molecular complexity index is 713. The van der Waals surface area contributed by atoms with E-state index in [1.807, 2.05) is 18.7 Å². The van der Waals surface area contributed by atoms with E-state index in [1.54, 1.807) is 31.4 Å². The minimum absolute atomic E-state index is 0.0243. The molecule has 2 amide bonds. The van der Waals surface area contributed by atoms with Crippen molar-refractivity contribution in [1.82, 2.24) is 15.1 Å². The van der Waals surface area contributed by atoms with Gasteiger partial charge in [-0.05, 0) is 61.9 Å². The molecule has 1 heterocycles. The zero-order valence-corrected chi connectivity index (χ0v) is 19.4. The van der Waals surface area contributed by atoms with Crippen LogP contribution in [0.25, 0.3) is 0 Å². The number of hydrogen-bond acceptors (Lipinski definition) is 4. The molecule has 3 rings (SSSR count). The fourth-order valence-electron chi connectivity index (χ4n) is 4.79. The predicted octanol–water partition coefficient (Wildman–Crippen LogP) is 3.56. The minimum Gasteiger partial charge on any atom is -0.497 e. The van der Waals surface area contributed by atoms with Gasteiger partial charge in [-0.1, -0.05) is 33.1 Å². The molecule has 1 aromatic carbocycles. The molecule has 31 heavy (non-hydrogen) atoms. The molecule has 0 spiro atoms. The van der Waals surface area contributed by atoms with Crippen molar-refractivity contribution in [3.63, 3.8) is 0 Å². The molecule has 6 nitrogen and oxygen atoms in total. The van der Waals surface area contributed by atoms with E-state index in [4.69, 9.17) is 4.74 Å². The molecule has 1 aliphatic carbocycles. The first-order valence-electron chi connectivity index (χ1n) is 11.9. The third kappa shape index (κ3) is 6.70. The van der Waals surface area contributed by atoms with Gasteiger partial charge in [0.2, 0.25) is 5.91 Å². The van der Waals surface area contributed by atoms with E-state index in [9.17, 15) is 9.59 Å². The van der Waals surface area contributed by atoms with E-state index in [1.165, 1.54) is 38.6 Å². The van der Waals surface area contributed by atoms with E-state index >= 15 is 0 Å². The molecule has 0 aromatic heterocycles. The van der Waals surface area contributed by atoms with Gasteiger partial charge in [0.05, 0.1) is 7.11 Å². The van der Waals surface area contributed by atoms with Crippen molar-refractivity contribution in [1.29, 1.82) is 0 Å². The maximum absolute atomic E-state index is 13.3. The van der Waals surface area contributed by atoms with Crippen molar-refractivity contribution in [2.45, 2.75) is 58.4 Å². The van der Waals surface area contributed by atoms with E-state index in [2.05, 4.69) is 10.2 Å². The van der Waals surface area contributed by atoms with Crippen molar-refractivity contribution in [3.05, 3.63) is 29.8 Å². The number of hydrogen-bond donors (Lipinski definition) is 1. The van der Waals surface area contributed by atoms with Crippen molar-refractivity contribution in [2.75, 3.05) is 39.8 Å². The van der Waals surface area contributed by atoms with Gasteiger partial charge in [0.15, 0.2) is 0 Å².